The van der Waals surface area contributed by atoms with E-state index in [9.17, 15) is 0 Å². The third-order valence-electron chi connectivity index (χ3n) is 1.67. The van der Waals surface area contributed by atoms with Gasteiger partial charge in [0, 0.05) is 6.04 Å². The second kappa shape index (κ2) is 2.31. The summed E-state index contributed by atoms with van der Waals surface area (Å²) in [5.74, 6) is 0.827. The maximum atomic E-state index is 5.72. The van der Waals surface area contributed by atoms with Crippen molar-refractivity contribution in [2.24, 2.45) is 11.7 Å². The monoisotopic (exact) mass is 111 g/mol. The second-order valence-corrected chi connectivity index (χ2v) is 2.53. The zero-order chi connectivity index (χ0) is 5.98. The predicted molar refractivity (Wildman–Crippen MR) is 35.5 cm³/mol. The molecule has 1 rings (SSSR count). The van der Waals surface area contributed by atoms with Crippen LogP contribution in [0.1, 0.15) is 19.3 Å². The van der Waals surface area contributed by atoms with Crippen molar-refractivity contribution in [3.05, 3.63) is 12.7 Å². The summed E-state index contributed by atoms with van der Waals surface area (Å²) >= 11 is 0. The van der Waals surface area contributed by atoms with E-state index in [1.54, 1.807) is 0 Å². The minimum absolute atomic E-state index is 0.410. The minimum atomic E-state index is 0.410. The molecule has 8 heavy (non-hydrogen) atoms. The highest BCUT2D eigenvalue weighted by molar-refractivity contribution is 4.88. The van der Waals surface area contributed by atoms with Crippen molar-refractivity contribution in [1.29, 1.82) is 0 Å². The second-order valence-electron chi connectivity index (χ2n) is 2.53. The lowest BCUT2D eigenvalue weighted by Crippen LogP contribution is -2.20. The fourth-order valence-corrected chi connectivity index (χ4v) is 0.909. The van der Waals surface area contributed by atoms with Crippen LogP contribution in [0, 0.1) is 5.92 Å². The van der Waals surface area contributed by atoms with E-state index in [4.69, 9.17) is 5.73 Å². The molecule has 0 aromatic rings. The first kappa shape index (κ1) is 5.83. The molecule has 1 atom stereocenters. The average molecular weight is 111 g/mol. The molecule has 1 fully saturated rings. The van der Waals surface area contributed by atoms with Gasteiger partial charge in [-0.15, -0.1) is 6.58 Å². The van der Waals surface area contributed by atoms with Gasteiger partial charge in [0.2, 0.25) is 0 Å². The van der Waals surface area contributed by atoms with E-state index in [1.807, 2.05) is 6.08 Å². The van der Waals surface area contributed by atoms with E-state index >= 15 is 0 Å². The molecule has 46 valence electrons. The third kappa shape index (κ3) is 1.34. The Hall–Kier alpha value is -0.300. The van der Waals surface area contributed by atoms with Crippen LogP contribution in [0.5, 0.6) is 0 Å². The minimum Gasteiger partial charge on any atom is -0.327 e. The van der Waals surface area contributed by atoms with Crippen LogP contribution in [0.4, 0.5) is 0 Å². The first-order valence-corrected chi connectivity index (χ1v) is 3.21. The highest BCUT2D eigenvalue weighted by Gasteiger charge is 2.26. The van der Waals surface area contributed by atoms with E-state index in [0.717, 1.165) is 12.3 Å². The van der Waals surface area contributed by atoms with Crippen molar-refractivity contribution in [1.82, 2.24) is 0 Å². The molecule has 1 saturated carbocycles. The summed E-state index contributed by atoms with van der Waals surface area (Å²) in [4.78, 5) is 0. The SMILES string of the molecule is C=CCC(N)C1CC1. The largest absolute Gasteiger partial charge is 0.327 e. The quantitative estimate of drug-likeness (QED) is 0.546. The van der Waals surface area contributed by atoms with Crippen molar-refractivity contribution < 1.29 is 0 Å². The Labute approximate surface area is 50.6 Å². The zero-order valence-corrected chi connectivity index (χ0v) is 5.14. The Morgan fingerprint density at radius 2 is 2.38 bits per heavy atom. The summed E-state index contributed by atoms with van der Waals surface area (Å²) in [6.07, 6.45) is 5.58. The van der Waals surface area contributed by atoms with Gasteiger partial charge in [0.05, 0.1) is 0 Å². The van der Waals surface area contributed by atoms with Crippen LogP contribution in [0.15, 0.2) is 12.7 Å². The smallest absolute Gasteiger partial charge is 0.0102 e. The predicted octanol–water partition coefficient (Wildman–Crippen LogP) is 1.30. The van der Waals surface area contributed by atoms with Gasteiger partial charge in [0.25, 0.3) is 0 Å². The number of hydrogen-bond donors (Lipinski definition) is 1. The summed E-state index contributed by atoms with van der Waals surface area (Å²) in [7, 11) is 0. The Balaban J connectivity index is 2.12. The maximum absolute atomic E-state index is 5.72. The molecule has 0 aromatic heterocycles. The topological polar surface area (TPSA) is 26.0 Å². The summed E-state index contributed by atoms with van der Waals surface area (Å²) in [6, 6.07) is 0.410. The van der Waals surface area contributed by atoms with Gasteiger partial charge >= 0.3 is 0 Å². The van der Waals surface area contributed by atoms with Crippen LogP contribution in [0.3, 0.4) is 0 Å². The summed E-state index contributed by atoms with van der Waals surface area (Å²) in [6.45, 7) is 3.63. The van der Waals surface area contributed by atoms with Gasteiger partial charge in [-0.05, 0) is 25.2 Å². The van der Waals surface area contributed by atoms with Crippen LogP contribution in [-0.4, -0.2) is 6.04 Å². The molecule has 1 unspecified atom stereocenters. The molecule has 1 nitrogen and oxygen atoms in total. The van der Waals surface area contributed by atoms with Gasteiger partial charge in [-0.25, -0.2) is 0 Å². The normalized spacial score (nSPS) is 22.6. The van der Waals surface area contributed by atoms with E-state index in [2.05, 4.69) is 6.58 Å². The van der Waals surface area contributed by atoms with Crippen molar-refractivity contribution >= 4 is 0 Å². The first-order chi connectivity index (χ1) is 3.84. The number of hydrogen-bond acceptors (Lipinski definition) is 1. The van der Waals surface area contributed by atoms with Crippen molar-refractivity contribution in [2.75, 3.05) is 0 Å². The fourth-order valence-electron chi connectivity index (χ4n) is 0.909. The van der Waals surface area contributed by atoms with Crippen molar-refractivity contribution in [3.63, 3.8) is 0 Å². The van der Waals surface area contributed by atoms with Gasteiger partial charge in [-0.1, -0.05) is 6.08 Å². The Bertz CT molecular complexity index is 84.4. The van der Waals surface area contributed by atoms with Gasteiger partial charge in [0.1, 0.15) is 0 Å². The highest BCUT2D eigenvalue weighted by atomic mass is 14.7. The van der Waals surface area contributed by atoms with E-state index in [0.29, 0.717) is 6.04 Å². The molecule has 0 saturated heterocycles. The van der Waals surface area contributed by atoms with Gasteiger partial charge in [-0.3, -0.25) is 0 Å². The van der Waals surface area contributed by atoms with E-state index < -0.39 is 0 Å². The summed E-state index contributed by atoms with van der Waals surface area (Å²) in [5, 5.41) is 0. The molecule has 2 N–H and O–H groups in total. The summed E-state index contributed by atoms with van der Waals surface area (Å²) in [5.41, 5.74) is 5.72. The standard InChI is InChI=1S/C7H13N/c1-2-3-7(8)6-4-5-6/h2,6-7H,1,3-5,8H2. The molecule has 0 aliphatic heterocycles. The van der Waals surface area contributed by atoms with Crippen molar-refractivity contribution in [2.45, 2.75) is 25.3 Å². The molecule has 0 bridgehead atoms. The van der Waals surface area contributed by atoms with Crippen LogP contribution in [0.25, 0.3) is 0 Å². The molecular formula is C7H13N. The maximum Gasteiger partial charge on any atom is 0.0102 e. The van der Waals surface area contributed by atoms with Crippen LogP contribution in [-0.2, 0) is 0 Å². The molecule has 0 radical (unpaired) electrons. The number of rotatable bonds is 3. The molecular weight excluding hydrogens is 98.1 g/mol. The lowest BCUT2D eigenvalue weighted by molar-refractivity contribution is 0.603. The first-order valence-electron chi connectivity index (χ1n) is 3.21. The molecule has 1 aliphatic carbocycles. The molecule has 1 heteroatoms. The molecule has 0 amide bonds. The Morgan fingerprint density at radius 1 is 1.75 bits per heavy atom. The Kier molecular flexibility index (Phi) is 1.69. The molecule has 0 spiro atoms. The lowest BCUT2D eigenvalue weighted by atomic mass is 10.1. The highest BCUT2D eigenvalue weighted by Crippen LogP contribution is 2.32. The molecule has 1 aliphatic rings. The Morgan fingerprint density at radius 3 is 2.75 bits per heavy atom. The van der Waals surface area contributed by atoms with Gasteiger partial charge in [-0.2, -0.15) is 0 Å². The van der Waals surface area contributed by atoms with Crippen LogP contribution in [0.2, 0.25) is 0 Å². The van der Waals surface area contributed by atoms with E-state index in [1.165, 1.54) is 12.8 Å². The lowest BCUT2D eigenvalue weighted by Gasteiger charge is -2.03. The zero-order valence-electron chi connectivity index (χ0n) is 5.14. The average Bonchev–Trinajstić information content (AvgIpc) is 2.45. The van der Waals surface area contributed by atoms with Crippen LogP contribution < -0.4 is 5.73 Å². The molecule has 0 aromatic carbocycles. The third-order valence-corrected chi connectivity index (χ3v) is 1.67. The van der Waals surface area contributed by atoms with Crippen molar-refractivity contribution in [3.8, 4) is 0 Å². The van der Waals surface area contributed by atoms with Gasteiger partial charge < -0.3 is 5.73 Å². The van der Waals surface area contributed by atoms with E-state index in [-0.39, 0.29) is 0 Å². The van der Waals surface area contributed by atoms with Crippen LogP contribution >= 0.6 is 0 Å². The fraction of sp³-hybridized carbons (Fsp3) is 0.714. The summed E-state index contributed by atoms with van der Waals surface area (Å²) < 4.78 is 0. The molecule has 0 heterocycles. The van der Waals surface area contributed by atoms with Gasteiger partial charge in [0.15, 0.2) is 0 Å². The number of nitrogens with two attached hydrogens (primary N) is 1.